The molecule has 3 amide bonds. The molecule has 1 fully saturated rings. The Morgan fingerprint density at radius 1 is 1.23 bits per heavy atom. The topological polar surface area (TPSA) is 118 Å². The summed E-state index contributed by atoms with van der Waals surface area (Å²) in [6.07, 6.45) is 3.07. The van der Waals surface area contributed by atoms with E-state index in [1.807, 2.05) is 0 Å². The van der Waals surface area contributed by atoms with Crippen LogP contribution in [-0.4, -0.2) is 39.1 Å². The Hall–Kier alpha value is -3.36. The highest BCUT2D eigenvalue weighted by molar-refractivity contribution is 5.94. The number of nitrogens with one attached hydrogen (secondary N) is 1. The first-order valence-electron chi connectivity index (χ1n) is 9.79. The quantitative estimate of drug-likeness (QED) is 0.717. The van der Waals surface area contributed by atoms with E-state index in [1.165, 1.54) is 18.3 Å². The second-order valence-electron chi connectivity index (χ2n) is 7.25. The van der Waals surface area contributed by atoms with Gasteiger partial charge >= 0.3 is 0 Å². The molecular weight excluding hydrogens is 389 g/mol. The molecule has 1 unspecified atom stereocenters. The molecule has 0 spiro atoms. The van der Waals surface area contributed by atoms with Gasteiger partial charge in [0.05, 0.1) is 17.3 Å². The van der Waals surface area contributed by atoms with Gasteiger partial charge in [0, 0.05) is 32.1 Å². The minimum atomic E-state index is -0.512. The molecular formula is C21H24FN5O3. The van der Waals surface area contributed by atoms with E-state index in [-0.39, 0.29) is 43.1 Å². The molecule has 1 aliphatic rings. The highest BCUT2D eigenvalue weighted by Gasteiger charge is 2.32. The fourth-order valence-electron chi connectivity index (χ4n) is 3.46. The molecule has 2 heterocycles. The molecule has 2 aromatic rings. The fourth-order valence-corrected chi connectivity index (χ4v) is 3.46. The van der Waals surface area contributed by atoms with Crippen molar-refractivity contribution >= 4 is 17.7 Å². The summed E-state index contributed by atoms with van der Waals surface area (Å²) in [5.74, 6) is -0.850. The average molecular weight is 413 g/mol. The lowest BCUT2D eigenvalue weighted by atomic mass is 10.1. The van der Waals surface area contributed by atoms with Crippen LogP contribution in [0.4, 0.5) is 4.39 Å². The molecule has 1 aromatic carbocycles. The number of hydrogen-bond acceptors (Lipinski definition) is 5. The number of primary amides is 1. The first kappa shape index (κ1) is 21.4. The second-order valence-corrected chi connectivity index (χ2v) is 7.25. The third-order valence-corrected chi connectivity index (χ3v) is 5.07. The van der Waals surface area contributed by atoms with Crippen molar-refractivity contribution in [2.75, 3.05) is 6.54 Å². The highest BCUT2D eigenvalue weighted by Crippen LogP contribution is 2.30. The van der Waals surface area contributed by atoms with E-state index in [4.69, 9.17) is 5.73 Å². The number of hydrogen-bond donors (Lipinski definition) is 2. The van der Waals surface area contributed by atoms with E-state index < -0.39 is 5.91 Å². The number of nitrogens with zero attached hydrogens (tertiary/aromatic N) is 3. The van der Waals surface area contributed by atoms with Crippen molar-refractivity contribution in [1.29, 1.82) is 0 Å². The molecule has 0 radical (unpaired) electrons. The smallest absolute Gasteiger partial charge is 0.254 e. The van der Waals surface area contributed by atoms with Crippen LogP contribution in [0.2, 0.25) is 0 Å². The SMILES string of the molecule is Cc1nc(C2CCCN2C(=O)CCC(N)=O)ncc1C(=O)NCc1ccc(F)cc1. The van der Waals surface area contributed by atoms with Crippen molar-refractivity contribution in [3.05, 3.63) is 58.9 Å². The third-order valence-electron chi connectivity index (χ3n) is 5.07. The zero-order chi connectivity index (χ0) is 21.7. The lowest BCUT2D eigenvalue weighted by Gasteiger charge is -2.24. The standard InChI is InChI=1S/C21H24FN5O3/c1-13-16(21(30)25-11-14-4-6-15(22)7-5-14)12-24-20(26-13)17-3-2-10-27(17)19(29)9-8-18(23)28/h4-7,12,17H,2-3,8-11H2,1H3,(H2,23,28)(H,25,30). The molecule has 8 nitrogen and oxygen atoms in total. The number of halogens is 1. The predicted octanol–water partition coefficient (Wildman–Crippen LogP) is 1.78. The van der Waals surface area contributed by atoms with Crippen LogP contribution in [-0.2, 0) is 16.1 Å². The second kappa shape index (κ2) is 9.43. The number of carbonyl (C=O) groups is 3. The van der Waals surface area contributed by atoms with Gasteiger partial charge in [-0.05, 0) is 37.5 Å². The van der Waals surface area contributed by atoms with Crippen LogP contribution in [0.5, 0.6) is 0 Å². The molecule has 1 atom stereocenters. The maximum atomic E-state index is 13.0. The summed E-state index contributed by atoms with van der Waals surface area (Å²) in [5, 5.41) is 2.77. The van der Waals surface area contributed by atoms with Crippen molar-refractivity contribution in [3.63, 3.8) is 0 Å². The molecule has 0 bridgehead atoms. The molecule has 0 aliphatic carbocycles. The summed E-state index contributed by atoms with van der Waals surface area (Å²) >= 11 is 0. The van der Waals surface area contributed by atoms with Gasteiger partial charge in [0.2, 0.25) is 11.8 Å². The van der Waals surface area contributed by atoms with E-state index in [0.29, 0.717) is 23.6 Å². The van der Waals surface area contributed by atoms with Crippen LogP contribution in [0.3, 0.4) is 0 Å². The van der Waals surface area contributed by atoms with Gasteiger partial charge < -0.3 is 16.0 Å². The highest BCUT2D eigenvalue weighted by atomic mass is 19.1. The lowest BCUT2D eigenvalue weighted by Crippen LogP contribution is -2.32. The minimum absolute atomic E-state index is 0.00903. The van der Waals surface area contributed by atoms with Gasteiger partial charge in [-0.2, -0.15) is 0 Å². The Labute approximate surface area is 173 Å². The van der Waals surface area contributed by atoms with Crippen LogP contribution < -0.4 is 11.1 Å². The zero-order valence-corrected chi connectivity index (χ0v) is 16.7. The third kappa shape index (κ3) is 5.16. The summed E-state index contributed by atoms with van der Waals surface area (Å²) in [5.41, 5.74) is 6.75. The normalized spacial score (nSPS) is 15.8. The first-order valence-corrected chi connectivity index (χ1v) is 9.79. The summed E-state index contributed by atoms with van der Waals surface area (Å²) in [7, 11) is 0. The fraction of sp³-hybridized carbons (Fsp3) is 0.381. The van der Waals surface area contributed by atoms with Crippen LogP contribution in [0.25, 0.3) is 0 Å². The molecule has 3 N–H and O–H groups in total. The number of aryl methyl sites for hydroxylation is 1. The van der Waals surface area contributed by atoms with Crippen LogP contribution >= 0.6 is 0 Å². The Morgan fingerprint density at radius 3 is 2.63 bits per heavy atom. The molecule has 30 heavy (non-hydrogen) atoms. The maximum Gasteiger partial charge on any atom is 0.254 e. The number of nitrogens with two attached hydrogens (primary N) is 1. The predicted molar refractivity (Wildman–Crippen MR) is 106 cm³/mol. The molecule has 1 aliphatic heterocycles. The first-order chi connectivity index (χ1) is 14.3. The number of rotatable bonds is 7. The van der Waals surface area contributed by atoms with Gasteiger partial charge in [-0.15, -0.1) is 0 Å². The lowest BCUT2D eigenvalue weighted by molar-refractivity contribution is -0.134. The van der Waals surface area contributed by atoms with Gasteiger partial charge in [-0.1, -0.05) is 12.1 Å². The van der Waals surface area contributed by atoms with Crippen molar-refractivity contribution in [3.8, 4) is 0 Å². The van der Waals surface area contributed by atoms with Crippen LogP contribution in [0, 0.1) is 12.7 Å². The minimum Gasteiger partial charge on any atom is -0.370 e. The van der Waals surface area contributed by atoms with Gasteiger partial charge in [0.15, 0.2) is 5.82 Å². The Kier molecular flexibility index (Phi) is 6.71. The van der Waals surface area contributed by atoms with Gasteiger partial charge in [-0.3, -0.25) is 14.4 Å². The summed E-state index contributed by atoms with van der Waals surface area (Å²) in [6, 6.07) is 5.60. The van der Waals surface area contributed by atoms with E-state index in [0.717, 1.165) is 18.4 Å². The van der Waals surface area contributed by atoms with Gasteiger partial charge in [0.25, 0.3) is 5.91 Å². The Bertz CT molecular complexity index is 948. The van der Waals surface area contributed by atoms with E-state index in [1.54, 1.807) is 24.0 Å². The number of amides is 3. The Morgan fingerprint density at radius 2 is 1.97 bits per heavy atom. The van der Waals surface area contributed by atoms with E-state index in [2.05, 4.69) is 15.3 Å². The van der Waals surface area contributed by atoms with Crippen molar-refractivity contribution in [1.82, 2.24) is 20.2 Å². The molecule has 1 saturated heterocycles. The number of likely N-dealkylation sites (tertiary alicyclic amines) is 1. The number of benzene rings is 1. The largest absolute Gasteiger partial charge is 0.370 e. The van der Waals surface area contributed by atoms with Crippen LogP contribution in [0.1, 0.15) is 59.2 Å². The number of aromatic nitrogens is 2. The van der Waals surface area contributed by atoms with E-state index >= 15 is 0 Å². The Balaban J connectivity index is 1.66. The maximum absolute atomic E-state index is 13.0. The van der Waals surface area contributed by atoms with Gasteiger partial charge in [-0.25, -0.2) is 14.4 Å². The number of carbonyl (C=O) groups excluding carboxylic acids is 3. The average Bonchev–Trinajstić information content (AvgIpc) is 3.21. The summed E-state index contributed by atoms with van der Waals surface area (Å²) in [6.45, 7) is 2.54. The summed E-state index contributed by atoms with van der Waals surface area (Å²) < 4.78 is 13.0. The molecule has 9 heteroatoms. The van der Waals surface area contributed by atoms with Gasteiger partial charge in [0.1, 0.15) is 5.82 Å². The summed E-state index contributed by atoms with van der Waals surface area (Å²) in [4.78, 5) is 46.3. The molecule has 3 rings (SSSR count). The molecule has 1 aromatic heterocycles. The van der Waals surface area contributed by atoms with Crippen molar-refractivity contribution in [2.24, 2.45) is 5.73 Å². The van der Waals surface area contributed by atoms with Crippen molar-refractivity contribution in [2.45, 2.75) is 45.2 Å². The monoisotopic (exact) mass is 413 g/mol. The zero-order valence-electron chi connectivity index (χ0n) is 16.7. The van der Waals surface area contributed by atoms with E-state index in [9.17, 15) is 18.8 Å². The molecule has 0 saturated carbocycles. The van der Waals surface area contributed by atoms with Crippen molar-refractivity contribution < 1.29 is 18.8 Å². The molecule has 158 valence electrons. The van der Waals surface area contributed by atoms with Crippen LogP contribution in [0.15, 0.2) is 30.5 Å².